The van der Waals surface area contributed by atoms with E-state index in [1.165, 1.54) is 30.4 Å². The standard InChI is InChI=1S/C17H16O/c18-17(15-5-2-1-3-6-15)12-13-9-10-14-7-4-8-16(14)11-13/h1-3,5-6,9-11H,4,7-8,12H2. The smallest absolute Gasteiger partial charge is 0.167 e. The first kappa shape index (κ1) is 11.2. The third kappa shape index (κ3) is 2.21. The van der Waals surface area contributed by atoms with Crippen LogP contribution in [-0.4, -0.2) is 5.78 Å². The lowest BCUT2D eigenvalue weighted by Gasteiger charge is -2.04. The highest BCUT2D eigenvalue weighted by Crippen LogP contribution is 2.23. The zero-order chi connectivity index (χ0) is 12.4. The Morgan fingerprint density at radius 1 is 0.944 bits per heavy atom. The number of aryl methyl sites for hydroxylation is 2. The molecule has 0 aliphatic heterocycles. The van der Waals surface area contributed by atoms with Crippen molar-refractivity contribution >= 4 is 5.78 Å². The second-order valence-electron chi connectivity index (χ2n) is 4.92. The van der Waals surface area contributed by atoms with E-state index in [0.717, 1.165) is 11.1 Å². The number of ketones is 1. The van der Waals surface area contributed by atoms with Crippen LogP contribution in [0.3, 0.4) is 0 Å². The van der Waals surface area contributed by atoms with Crippen molar-refractivity contribution < 1.29 is 4.79 Å². The molecule has 3 rings (SSSR count). The molecule has 0 unspecified atom stereocenters. The molecule has 0 saturated heterocycles. The maximum absolute atomic E-state index is 12.1. The largest absolute Gasteiger partial charge is 0.294 e. The Kier molecular flexibility index (Phi) is 2.97. The third-order valence-corrected chi connectivity index (χ3v) is 3.62. The van der Waals surface area contributed by atoms with Crippen LogP contribution in [0, 0.1) is 0 Å². The quantitative estimate of drug-likeness (QED) is 0.744. The summed E-state index contributed by atoms with van der Waals surface area (Å²) < 4.78 is 0. The molecule has 2 aromatic rings. The summed E-state index contributed by atoms with van der Waals surface area (Å²) in [4.78, 5) is 12.1. The molecule has 0 spiro atoms. The molecule has 18 heavy (non-hydrogen) atoms. The highest BCUT2D eigenvalue weighted by Gasteiger charge is 2.12. The Morgan fingerprint density at radius 2 is 1.72 bits per heavy atom. The number of Topliss-reactive ketones (excluding diaryl/α,β-unsaturated/α-hetero) is 1. The van der Waals surface area contributed by atoms with Crippen molar-refractivity contribution in [3.63, 3.8) is 0 Å². The van der Waals surface area contributed by atoms with Gasteiger partial charge in [-0.2, -0.15) is 0 Å². The zero-order valence-corrected chi connectivity index (χ0v) is 10.4. The predicted molar refractivity (Wildman–Crippen MR) is 72.9 cm³/mol. The second-order valence-corrected chi connectivity index (χ2v) is 4.92. The minimum atomic E-state index is 0.202. The summed E-state index contributed by atoms with van der Waals surface area (Å²) in [6, 6.07) is 16.0. The summed E-state index contributed by atoms with van der Waals surface area (Å²) in [6.45, 7) is 0. The molecular formula is C17H16O. The van der Waals surface area contributed by atoms with Gasteiger partial charge in [-0.1, -0.05) is 48.5 Å². The van der Waals surface area contributed by atoms with E-state index in [4.69, 9.17) is 0 Å². The van der Waals surface area contributed by atoms with Gasteiger partial charge in [-0.25, -0.2) is 0 Å². The van der Waals surface area contributed by atoms with E-state index in [1.54, 1.807) is 0 Å². The van der Waals surface area contributed by atoms with Crippen LogP contribution in [0.4, 0.5) is 0 Å². The zero-order valence-electron chi connectivity index (χ0n) is 10.4. The molecule has 0 bridgehead atoms. The van der Waals surface area contributed by atoms with Gasteiger partial charge >= 0.3 is 0 Å². The molecule has 0 atom stereocenters. The number of carbonyl (C=O) groups excluding carboxylic acids is 1. The van der Waals surface area contributed by atoms with E-state index in [1.807, 2.05) is 30.3 Å². The number of hydrogen-bond acceptors (Lipinski definition) is 1. The molecule has 0 amide bonds. The van der Waals surface area contributed by atoms with Gasteiger partial charge in [0.15, 0.2) is 5.78 Å². The van der Waals surface area contributed by atoms with Crippen LogP contribution in [0.5, 0.6) is 0 Å². The fraction of sp³-hybridized carbons (Fsp3) is 0.235. The van der Waals surface area contributed by atoms with Gasteiger partial charge in [-0.15, -0.1) is 0 Å². The lowest BCUT2D eigenvalue weighted by molar-refractivity contribution is 0.0993. The number of fused-ring (bicyclic) bond motifs is 1. The molecule has 90 valence electrons. The Morgan fingerprint density at radius 3 is 2.56 bits per heavy atom. The van der Waals surface area contributed by atoms with Crippen LogP contribution in [-0.2, 0) is 19.3 Å². The van der Waals surface area contributed by atoms with Gasteiger partial charge in [-0.3, -0.25) is 4.79 Å². The number of hydrogen-bond donors (Lipinski definition) is 0. The van der Waals surface area contributed by atoms with Gasteiger partial charge < -0.3 is 0 Å². The summed E-state index contributed by atoms with van der Waals surface area (Å²) in [6.07, 6.45) is 4.13. The highest BCUT2D eigenvalue weighted by molar-refractivity contribution is 5.97. The summed E-state index contributed by atoms with van der Waals surface area (Å²) in [7, 11) is 0. The fourth-order valence-electron chi connectivity index (χ4n) is 2.65. The second kappa shape index (κ2) is 4.77. The molecule has 0 N–H and O–H groups in total. The Balaban J connectivity index is 1.79. The van der Waals surface area contributed by atoms with Crippen molar-refractivity contribution in [2.75, 3.05) is 0 Å². The minimum Gasteiger partial charge on any atom is -0.294 e. The van der Waals surface area contributed by atoms with E-state index < -0.39 is 0 Å². The summed E-state index contributed by atoms with van der Waals surface area (Å²) in [5.41, 5.74) is 4.85. The number of benzene rings is 2. The van der Waals surface area contributed by atoms with Gasteiger partial charge in [0.05, 0.1) is 0 Å². The highest BCUT2D eigenvalue weighted by atomic mass is 16.1. The van der Waals surface area contributed by atoms with Crippen molar-refractivity contribution in [2.45, 2.75) is 25.7 Å². The minimum absolute atomic E-state index is 0.202. The van der Waals surface area contributed by atoms with E-state index in [2.05, 4.69) is 18.2 Å². The van der Waals surface area contributed by atoms with Crippen molar-refractivity contribution in [3.05, 3.63) is 70.8 Å². The predicted octanol–water partition coefficient (Wildman–Crippen LogP) is 3.60. The van der Waals surface area contributed by atoms with Gasteiger partial charge in [0.2, 0.25) is 0 Å². The van der Waals surface area contributed by atoms with Crippen LogP contribution in [0.15, 0.2) is 48.5 Å². The van der Waals surface area contributed by atoms with Crippen LogP contribution >= 0.6 is 0 Å². The molecule has 0 radical (unpaired) electrons. The molecule has 0 saturated carbocycles. The van der Waals surface area contributed by atoms with Gasteiger partial charge in [0.1, 0.15) is 0 Å². The Bertz CT molecular complexity index is 569. The van der Waals surface area contributed by atoms with E-state index in [9.17, 15) is 4.79 Å². The third-order valence-electron chi connectivity index (χ3n) is 3.62. The first-order valence-electron chi connectivity index (χ1n) is 6.52. The van der Waals surface area contributed by atoms with Crippen LogP contribution < -0.4 is 0 Å². The molecule has 1 nitrogen and oxygen atoms in total. The van der Waals surface area contributed by atoms with Gasteiger partial charge in [0.25, 0.3) is 0 Å². The molecule has 2 aromatic carbocycles. The Hall–Kier alpha value is -1.89. The van der Waals surface area contributed by atoms with Crippen LogP contribution in [0.2, 0.25) is 0 Å². The van der Waals surface area contributed by atoms with Crippen LogP contribution in [0.25, 0.3) is 0 Å². The molecule has 1 aliphatic rings. The lowest BCUT2D eigenvalue weighted by Crippen LogP contribution is -2.03. The first-order valence-corrected chi connectivity index (χ1v) is 6.52. The van der Waals surface area contributed by atoms with Crippen molar-refractivity contribution in [3.8, 4) is 0 Å². The number of rotatable bonds is 3. The fourth-order valence-corrected chi connectivity index (χ4v) is 2.65. The molecule has 1 heteroatoms. The van der Waals surface area contributed by atoms with E-state index in [0.29, 0.717) is 6.42 Å². The normalized spacial score (nSPS) is 13.3. The summed E-state index contributed by atoms with van der Waals surface area (Å²) in [5.74, 6) is 0.202. The molecule has 0 aromatic heterocycles. The summed E-state index contributed by atoms with van der Waals surface area (Å²) in [5, 5.41) is 0. The maximum Gasteiger partial charge on any atom is 0.167 e. The molecule has 0 heterocycles. The average molecular weight is 236 g/mol. The lowest BCUT2D eigenvalue weighted by atomic mass is 10.00. The van der Waals surface area contributed by atoms with Gasteiger partial charge in [0, 0.05) is 12.0 Å². The number of carbonyl (C=O) groups is 1. The summed E-state index contributed by atoms with van der Waals surface area (Å²) >= 11 is 0. The monoisotopic (exact) mass is 236 g/mol. The maximum atomic E-state index is 12.1. The van der Waals surface area contributed by atoms with Crippen molar-refractivity contribution in [2.24, 2.45) is 0 Å². The molecular weight excluding hydrogens is 220 g/mol. The molecule has 0 fully saturated rings. The van der Waals surface area contributed by atoms with Crippen molar-refractivity contribution in [1.82, 2.24) is 0 Å². The van der Waals surface area contributed by atoms with Gasteiger partial charge in [-0.05, 0) is 36.0 Å². The van der Waals surface area contributed by atoms with Crippen LogP contribution in [0.1, 0.15) is 33.5 Å². The Labute approximate surface area is 107 Å². The van der Waals surface area contributed by atoms with Crippen molar-refractivity contribution in [1.29, 1.82) is 0 Å². The SMILES string of the molecule is O=C(Cc1ccc2c(c1)CCC2)c1ccccc1. The van der Waals surface area contributed by atoms with E-state index >= 15 is 0 Å². The average Bonchev–Trinajstić information content (AvgIpc) is 2.87. The topological polar surface area (TPSA) is 17.1 Å². The first-order chi connectivity index (χ1) is 8.83. The van der Waals surface area contributed by atoms with E-state index in [-0.39, 0.29) is 5.78 Å². The molecule has 1 aliphatic carbocycles.